The Morgan fingerprint density at radius 3 is 2.73 bits per heavy atom. The van der Waals surface area contributed by atoms with Crippen molar-refractivity contribution in [2.45, 2.75) is 25.8 Å². The Morgan fingerprint density at radius 2 is 2.13 bits per heavy atom. The fourth-order valence-corrected chi connectivity index (χ4v) is 2.74. The Morgan fingerprint density at radius 1 is 1.40 bits per heavy atom. The molecule has 0 radical (unpaired) electrons. The Bertz CT molecular complexity index is 342. The van der Waals surface area contributed by atoms with Crippen molar-refractivity contribution >= 4 is 17.2 Å². The SMILES string of the molecule is NCc1csc(C(=O)N2CCCCC2)c1. The first-order valence-electron chi connectivity index (χ1n) is 5.38. The maximum Gasteiger partial charge on any atom is 0.263 e. The molecule has 1 aromatic rings. The Labute approximate surface area is 93.9 Å². The molecule has 2 N–H and O–H groups in total. The molecule has 4 heteroatoms. The van der Waals surface area contributed by atoms with Gasteiger partial charge >= 0.3 is 0 Å². The number of carbonyl (C=O) groups is 1. The zero-order valence-electron chi connectivity index (χ0n) is 8.74. The van der Waals surface area contributed by atoms with Gasteiger partial charge in [-0.2, -0.15) is 0 Å². The van der Waals surface area contributed by atoms with Gasteiger partial charge in [-0.25, -0.2) is 0 Å². The number of likely N-dealkylation sites (tertiary alicyclic amines) is 1. The van der Waals surface area contributed by atoms with Crippen molar-refractivity contribution in [3.05, 3.63) is 21.9 Å². The molecule has 0 saturated carbocycles. The number of nitrogens with two attached hydrogens (primary N) is 1. The van der Waals surface area contributed by atoms with Crippen LogP contribution < -0.4 is 5.73 Å². The van der Waals surface area contributed by atoms with Crippen LogP contribution in [0.5, 0.6) is 0 Å². The molecule has 1 amide bonds. The van der Waals surface area contributed by atoms with E-state index in [2.05, 4.69) is 0 Å². The number of hydrogen-bond acceptors (Lipinski definition) is 3. The number of thiophene rings is 1. The van der Waals surface area contributed by atoms with Gasteiger partial charge in [0.1, 0.15) is 0 Å². The third kappa shape index (κ3) is 2.38. The van der Waals surface area contributed by atoms with Crippen LogP contribution >= 0.6 is 11.3 Å². The van der Waals surface area contributed by atoms with Gasteiger partial charge in [-0.05, 0) is 36.3 Å². The molecule has 0 unspecified atom stereocenters. The quantitative estimate of drug-likeness (QED) is 0.833. The Hall–Kier alpha value is -0.870. The molecule has 1 fully saturated rings. The fraction of sp³-hybridized carbons (Fsp3) is 0.545. The van der Waals surface area contributed by atoms with E-state index >= 15 is 0 Å². The molecular formula is C11H16N2OS. The third-order valence-corrected chi connectivity index (χ3v) is 3.71. The molecule has 0 aromatic carbocycles. The minimum Gasteiger partial charge on any atom is -0.338 e. The molecule has 2 rings (SSSR count). The first kappa shape index (κ1) is 10.6. The van der Waals surface area contributed by atoms with E-state index in [4.69, 9.17) is 5.73 Å². The molecule has 0 aliphatic carbocycles. The van der Waals surface area contributed by atoms with E-state index < -0.39 is 0 Å². The number of piperidine rings is 1. The van der Waals surface area contributed by atoms with Gasteiger partial charge in [-0.1, -0.05) is 0 Å². The topological polar surface area (TPSA) is 46.3 Å². The van der Waals surface area contributed by atoms with Crippen LogP contribution in [0.4, 0.5) is 0 Å². The van der Waals surface area contributed by atoms with Crippen LogP contribution in [0, 0.1) is 0 Å². The van der Waals surface area contributed by atoms with Crippen molar-refractivity contribution < 1.29 is 4.79 Å². The molecule has 1 aromatic heterocycles. The van der Waals surface area contributed by atoms with E-state index in [1.165, 1.54) is 17.8 Å². The first-order chi connectivity index (χ1) is 7.31. The zero-order valence-corrected chi connectivity index (χ0v) is 9.55. The van der Waals surface area contributed by atoms with Crippen molar-refractivity contribution in [3.63, 3.8) is 0 Å². The van der Waals surface area contributed by atoms with E-state index in [-0.39, 0.29) is 5.91 Å². The van der Waals surface area contributed by atoms with Gasteiger partial charge in [0.25, 0.3) is 5.91 Å². The second-order valence-electron chi connectivity index (χ2n) is 3.88. The number of amides is 1. The lowest BCUT2D eigenvalue weighted by Crippen LogP contribution is -2.35. The van der Waals surface area contributed by atoms with Gasteiger partial charge in [-0.3, -0.25) is 4.79 Å². The summed E-state index contributed by atoms with van der Waals surface area (Å²) in [4.78, 5) is 14.8. The Kier molecular flexibility index (Phi) is 3.38. The molecule has 0 atom stereocenters. The van der Waals surface area contributed by atoms with Crippen LogP contribution in [-0.4, -0.2) is 23.9 Å². The summed E-state index contributed by atoms with van der Waals surface area (Å²) in [5, 5.41) is 1.97. The van der Waals surface area contributed by atoms with Crippen LogP contribution in [0.15, 0.2) is 11.4 Å². The predicted octanol–water partition coefficient (Wildman–Crippen LogP) is 1.83. The summed E-state index contributed by atoms with van der Waals surface area (Å²) in [6.07, 6.45) is 3.53. The highest BCUT2D eigenvalue weighted by molar-refractivity contribution is 7.12. The maximum absolute atomic E-state index is 12.0. The average Bonchev–Trinajstić information content (AvgIpc) is 2.78. The molecule has 1 aliphatic rings. The van der Waals surface area contributed by atoms with Crippen molar-refractivity contribution in [3.8, 4) is 0 Å². The standard InChI is InChI=1S/C11H16N2OS/c12-7-9-6-10(15-8-9)11(14)13-4-2-1-3-5-13/h6,8H,1-5,7,12H2. The third-order valence-electron chi connectivity index (χ3n) is 2.74. The summed E-state index contributed by atoms with van der Waals surface area (Å²) in [6, 6.07) is 1.92. The Balaban J connectivity index is 2.05. The van der Waals surface area contributed by atoms with Crippen LogP contribution in [0.25, 0.3) is 0 Å². The van der Waals surface area contributed by atoms with Crippen LogP contribution in [0.2, 0.25) is 0 Å². The highest BCUT2D eigenvalue weighted by Crippen LogP contribution is 2.19. The second-order valence-corrected chi connectivity index (χ2v) is 4.79. The molecule has 1 aliphatic heterocycles. The number of rotatable bonds is 2. The van der Waals surface area contributed by atoms with E-state index in [0.717, 1.165) is 36.4 Å². The zero-order chi connectivity index (χ0) is 10.7. The van der Waals surface area contributed by atoms with Crippen molar-refractivity contribution in [1.29, 1.82) is 0 Å². The molecule has 2 heterocycles. The molecule has 82 valence electrons. The molecule has 3 nitrogen and oxygen atoms in total. The van der Waals surface area contributed by atoms with Crippen LogP contribution in [0.1, 0.15) is 34.5 Å². The second kappa shape index (κ2) is 4.77. The van der Waals surface area contributed by atoms with Gasteiger partial charge in [0.15, 0.2) is 0 Å². The predicted molar refractivity (Wildman–Crippen MR) is 62.0 cm³/mol. The first-order valence-corrected chi connectivity index (χ1v) is 6.26. The normalized spacial score (nSPS) is 16.7. The highest BCUT2D eigenvalue weighted by atomic mass is 32.1. The van der Waals surface area contributed by atoms with Gasteiger partial charge in [0.2, 0.25) is 0 Å². The van der Waals surface area contributed by atoms with Crippen LogP contribution in [0.3, 0.4) is 0 Å². The van der Waals surface area contributed by atoms with E-state index in [0.29, 0.717) is 6.54 Å². The summed E-state index contributed by atoms with van der Waals surface area (Å²) in [5.74, 6) is 0.180. The number of nitrogens with zero attached hydrogens (tertiary/aromatic N) is 1. The molecule has 0 spiro atoms. The molecule has 15 heavy (non-hydrogen) atoms. The van der Waals surface area contributed by atoms with E-state index in [9.17, 15) is 4.79 Å². The summed E-state index contributed by atoms with van der Waals surface area (Å²) in [7, 11) is 0. The summed E-state index contributed by atoms with van der Waals surface area (Å²) < 4.78 is 0. The highest BCUT2D eigenvalue weighted by Gasteiger charge is 2.19. The minimum atomic E-state index is 0.180. The van der Waals surface area contributed by atoms with Gasteiger partial charge in [0.05, 0.1) is 4.88 Å². The molecular weight excluding hydrogens is 208 g/mol. The minimum absolute atomic E-state index is 0.180. The maximum atomic E-state index is 12.0. The summed E-state index contributed by atoms with van der Waals surface area (Å²) in [6.45, 7) is 2.34. The fourth-order valence-electron chi connectivity index (χ4n) is 1.85. The van der Waals surface area contributed by atoms with Crippen LogP contribution in [-0.2, 0) is 6.54 Å². The molecule has 0 bridgehead atoms. The van der Waals surface area contributed by atoms with Crippen molar-refractivity contribution in [1.82, 2.24) is 4.90 Å². The van der Waals surface area contributed by atoms with E-state index in [1.54, 1.807) is 0 Å². The summed E-state index contributed by atoms with van der Waals surface area (Å²) >= 11 is 1.50. The average molecular weight is 224 g/mol. The molecule has 1 saturated heterocycles. The van der Waals surface area contributed by atoms with Gasteiger partial charge in [0, 0.05) is 19.6 Å². The largest absolute Gasteiger partial charge is 0.338 e. The van der Waals surface area contributed by atoms with Crippen molar-refractivity contribution in [2.24, 2.45) is 5.73 Å². The van der Waals surface area contributed by atoms with E-state index in [1.807, 2.05) is 16.3 Å². The number of carbonyl (C=O) groups excluding carboxylic acids is 1. The smallest absolute Gasteiger partial charge is 0.263 e. The lowest BCUT2D eigenvalue weighted by atomic mass is 10.1. The van der Waals surface area contributed by atoms with Gasteiger partial charge < -0.3 is 10.6 Å². The number of hydrogen-bond donors (Lipinski definition) is 1. The summed E-state index contributed by atoms with van der Waals surface area (Å²) in [5.41, 5.74) is 6.58. The lowest BCUT2D eigenvalue weighted by molar-refractivity contribution is 0.0729. The van der Waals surface area contributed by atoms with Crippen molar-refractivity contribution in [2.75, 3.05) is 13.1 Å². The lowest BCUT2D eigenvalue weighted by Gasteiger charge is -2.26. The van der Waals surface area contributed by atoms with Gasteiger partial charge in [-0.15, -0.1) is 11.3 Å². The monoisotopic (exact) mass is 224 g/mol.